The molecule has 2 N–H and O–H groups in total. The monoisotopic (exact) mass is 397 g/mol. The van der Waals surface area contributed by atoms with Crippen LogP contribution in [0, 0.1) is 17.0 Å². The first kappa shape index (κ1) is 20.8. The third-order valence-electron chi connectivity index (χ3n) is 5.50. The Balaban J connectivity index is 1.54. The van der Waals surface area contributed by atoms with Gasteiger partial charge in [-0.05, 0) is 36.1 Å². The molecule has 0 aromatic heterocycles. The number of amides is 1. The number of aryl methyl sites for hydroxylation is 1. The molecule has 0 atom stereocenters. The minimum atomic E-state index is -0.385. The maximum Gasteiger partial charge on any atom is 0.279 e. The lowest BCUT2D eigenvalue weighted by Crippen LogP contribution is -3.15. The normalized spacial score (nSPS) is 14.8. The summed E-state index contributed by atoms with van der Waals surface area (Å²) < 4.78 is 0. The van der Waals surface area contributed by atoms with Gasteiger partial charge >= 0.3 is 0 Å². The number of rotatable bonds is 6. The molecule has 1 aliphatic heterocycles. The van der Waals surface area contributed by atoms with Gasteiger partial charge in [0.15, 0.2) is 6.54 Å². The number of hydrogen-bond donors (Lipinski definition) is 2. The molecule has 7 heteroatoms. The second kappa shape index (κ2) is 9.05. The van der Waals surface area contributed by atoms with Gasteiger partial charge in [0.2, 0.25) is 0 Å². The highest BCUT2D eigenvalue weighted by atomic mass is 16.6. The van der Waals surface area contributed by atoms with Gasteiger partial charge in [0.25, 0.3) is 11.6 Å². The van der Waals surface area contributed by atoms with E-state index in [0.29, 0.717) is 12.5 Å². The van der Waals surface area contributed by atoms with Gasteiger partial charge < -0.3 is 15.1 Å². The predicted molar refractivity (Wildman–Crippen MR) is 115 cm³/mol. The van der Waals surface area contributed by atoms with Crippen molar-refractivity contribution in [2.45, 2.75) is 26.7 Å². The maximum atomic E-state index is 12.7. The van der Waals surface area contributed by atoms with E-state index < -0.39 is 0 Å². The van der Waals surface area contributed by atoms with Crippen molar-refractivity contribution in [3.05, 3.63) is 63.7 Å². The van der Waals surface area contributed by atoms with Crippen LogP contribution in [0.25, 0.3) is 0 Å². The number of nitrogens with one attached hydrogen (secondary N) is 2. The molecule has 1 fully saturated rings. The smallest absolute Gasteiger partial charge is 0.279 e. The summed E-state index contributed by atoms with van der Waals surface area (Å²) in [5, 5.41) is 13.9. The topological polar surface area (TPSA) is 79.9 Å². The van der Waals surface area contributed by atoms with Crippen molar-refractivity contribution < 1.29 is 14.6 Å². The number of benzene rings is 2. The van der Waals surface area contributed by atoms with Crippen LogP contribution in [0.4, 0.5) is 17.1 Å². The maximum absolute atomic E-state index is 12.7. The number of nitrogens with zero attached hydrogens (tertiary/aromatic N) is 2. The van der Waals surface area contributed by atoms with Gasteiger partial charge in [-0.15, -0.1) is 0 Å². The van der Waals surface area contributed by atoms with Crippen LogP contribution in [0.3, 0.4) is 0 Å². The van der Waals surface area contributed by atoms with Crippen LogP contribution in [0.15, 0.2) is 42.5 Å². The molecule has 0 radical (unpaired) electrons. The van der Waals surface area contributed by atoms with Crippen LogP contribution in [0.1, 0.15) is 30.9 Å². The Labute approximate surface area is 171 Å². The molecule has 3 rings (SSSR count). The van der Waals surface area contributed by atoms with Gasteiger partial charge in [-0.2, -0.15) is 0 Å². The van der Waals surface area contributed by atoms with Crippen LogP contribution >= 0.6 is 0 Å². The molecular formula is C22H29N4O3+. The minimum Gasteiger partial charge on any atom is -0.360 e. The SMILES string of the molecule is Cc1cccc(C(C)C)c1NC(=O)C[NH+]1CCN(c2ccc([N+](=O)[O-])cc2)CC1. The van der Waals surface area contributed by atoms with E-state index in [9.17, 15) is 14.9 Å². The van der Waals surface area contributed by atoms with Crippen LogP contribution < -0.4 is 15.1 Å². The largest absolute Gasteiger partial charge is 0.360 e. The molecule has 29 heavy (non-hydrogen) atoms. The van der Waals surface area contributed by atoms with Crippen molar-refractivity contribution in [3.8, 4) is 0 Å². The number of carbonyl (C=O) groups is 1. The second-order valence-corrected chi connectivity index (χ2v) is 7.93. The zero-order valence-corrected chi connectivity index (χ0v) is 17.3. The van der Waals surface area contributed by atoms with Gasteiger partial charge in [-0.3, -0.25) is 14.9 Å². The number of quaternary nitrogens is 1. The van der Waals surface area contributed by atoms with E-state index in [0.717, 1.165) is 48.7 Å². The molecule has 2 aromatic rings. The van der Waals surface area contributed by atoms with Crippen molar-refractivity contribution in [3.63, 3.8) is 0 Å². The molecule has 2 aromatic carbocycles. The first-order chi connectivity index (χ1) is 13.8. The van der Waals surface area contributed by atoms with Gasteiger partial charge in [-0.1, -0.05) is 32.0 Å². The number of piperazine rings is 1. The molecule has 7 nitrogen and oxygen atoms in total. The van der Waals surface area contributed by atoms with Gasteiger partial charge in [-0.25, -0.2) is 0 Å². The fourth-order valence-electron chi connectivity index (χ4n) is 3.80. The fourth-order valence-corrected chi connectivity index (χ4v) is 3.80. The summed E-state index contributed by atoms with van der Waals surface area (Å²) in [7, 11) is 0. The first-order valence-electron chi connectivity index (χ1n) is 10.1. The van der Waals surface area contributed by atoms with E-state index in [-0.39, 0.29) is 16.5 Å². The lowest BCUT2D eigenvalue weighted by molar-refractivity contribution is -0.892. The van der Waals surface area contributed by atoms with E-state index in [1.807, 2.05) is 19.1 Å². The number of hydrogen-bond acceptors (Lipinski definition) is 4. The lowest BCUT2D eigenvalue weighted by Gasteiger charge is -2.33. The highest BCUT2D eigenvalue weighted by molar-refractivity contribution is 5.93. The van der Waals surface area contributed by atoms with E-state index in [4.69, 9.17) is 0 Å². The minimum absolute atomic E-state index is 0.0417. The zero-order chi connectivity index (χ0) is 21.0. The van der Waals surface area contributed by atoms with Crippen molar-refractivity contribution in [2.24, 2.45) is 0 Å². The average molecular weight is 397 g/mol. The Bertz CT molecular complexity index is 872. The lowest BCUT2D eigenvalue weighted by atomic mass is 9.98. The first-order valence-corrected chi connectivity index (χ1v) is 10.1. The van der Waals surface area contributed by atoms with Crippen molar-refractivity contribution in [2.75, 3.05) is 42.9 Å². The van der Waals surface area contributed by atoms with E-state index in [2.05, 4.69) is 30.1 Å². The van der Waals surface area contributed by atoms with Gasteiger partial charge in [0.05, 0.1) is 31.1 Å². The molecule has 0 unspecified atom stereocenters. The molecule has 0 saturated carbocycles. The Kier molecular flexibility index (Phi) is 6.49. The van der Waals surface area contributed by atoms with E-state index in [1.165, 1.54) is 17.0 Å². The van der Waals surface area contributed by atoms with Gasteiger partial charge in [0.1, 0.15) is 0 Å². The fraction of sp³-hybridized carbons (Fsp3) is 0.409. The number of para-hydroxylation sites is 1. The second-order valence-electron chi connectivity index (χ2n) is 7.93. The average Bonchev–Trinajstić information content (AvgIpc) is 2.70. The summed E-state index contributed by atoms with van der Waals surface area (Å²) in [4.78, 5) is 26.5. The number of non-ortho nitro benzene ring substituents is 1. The quantitative estimate of drug-likeness (QED) is 0.579. The summed E-state index contributed by atoms with van der Waals surface area (Å²) in [6, 6.07) is 12.8. The number of nitro benzene ring substituents is 1. The summed E-state index contributed by atoms with van der Waals surface area (Å²) in [6.45, 7) is 10.1. The van der Waals surface area contributed by atoms with Crippen molar-refractivity contribution in [1.29, 1.82) is 0 Å². The van der Waals surface area contributed by atoms with E-state index in [1.54, 1.807) is 12.1 Å². The molecule has 1 amide bonds. The van der Waals surface area contributed by atoms with E-state index >= 15 is 0 Å². The zero-order valence-electron chi connectivity index (χ0n) is 17.3. The Morgan fingerprint density at radius 3 is 2.41 bits per heavy atom. The molecule has 0 aliphatic carbocycles. The van der Waals surface area contributed by atoms with Crippen molar-refractivity contribution >= 4 is 23.0 Å². The summed E-state index contributed by atoms with van der Waals surface area (Å²) in [5.41, 5.74) is 4.28. The Morgan fingerprint density at radius 2 is 1.83 bits per heavy atom. The van der Waals surface area contributed by atoms with Crippen LogP contribution in [-0.4, -0.2) is 43.6 Å². The molecule has 0 spiro atoms. The highest BCUT2D eigenvalue weighted by Crippen LogP contribution is 2.27. The molecule has 1 aliphatic rings. The Morgan fingerprint density at radius 1 is 1.17 bits per heavy atom. The third kappa shape index (κ3) is 5.12. The standard InChI is InChI=1S/C22H28N4O3/c1-16(2)20-6-4-5-17(3)22(20)23-21(27)15-24-11-13-25(14-12-24)18-7-9-19(10-8-18)26(28)29/h4-10,16H,11-15H2,1-3H3,(H,23,27)/p+1. The molecule has 154 valence electrons. The predicted octanol–water partition coefficient (Wildman–Crippen LogP) is 2.37. The number of nitro groups is 1. The summed E-state index contributed by atoms with van der Waals surface area (Å²) in [5.74, 6) is 0.391. The van der Waals surface area contributed by atoms with Crippen molar-refractivity contribution in [1.82, 2.24) is 0 Å². The molecular weight excluding hydrogens is 368 g/mol. The van der Waals surface area contributed by atoms with Gasteiger partial charge in [0, 0.05) is 23.5 Å². The Hall–Kier alpha value is -2.93. The molecule has 0 bridgehead atoms. The number of carbonyl (C=O) groups excluding carboxylic acids is 1. The van der Waals surface area contributed by atoms with Crippen LogP contribution in [0.2, 0.25) is 0 Å². The summed E-state index contributed by atoms with van der Waals surface area (Å²) >= 11 is 0. The molecule has 1 heterocycles. The highest BCUT2D eigenvalue weighted by Gasteiger charge is 2.23. The third-order valence-corrected chi connectivity index (χ3v) is 5.50. The summed E-state index contributed by atoms with van der Waals surface area (Å²) in [6.07, 6.45) is 0. The molecule has 1 saturated heterocycles. The van der Waals surface area contributed by atoms with Crippen LogP contribution in [-0.2, 0) is 4.79 Å². The van der Waals surface area contributed by atoms with Crippen LogP contribution in [0.5, 0.6) is 0 Å². The number of anilines is 2.